The Balaban J connectivity index is 1.64. The fourth-order valence-corrected chi connectivity index (χ4v) is 3.28. The van der Waals surface area contributed by atoms with Crippen LogP contribution in [-0.4, -0.2) is 13.0 Å². The Morgan fingerprint density at radius 1 is 1.11 bits per heavy atom. The Labute approximate surface area is 161 Å². The van der Waals surface area contributed by atoms with Crippen molar-refractivity contribution in [2.45, 2.75) is 20.5 Å². The van der Waals surface area contributed by atoms with Crippen LogP contribution in [0.4, 0.5) is 10.1 Å². The molecular weight excluding hydrogens is 365 g/mol. The maximum atomic E-state index is 13.6. The number of carbonyl (C=O) groups excluding carboxylic acids is 1. The smallest absolute Gasteiger partial charge is 0.265 e. The highest BCUT2D eigenvalue weighted by Crippen LogP contribution is 2.29. The molecule has 0 saturated heterocycles. The molecule has 0 saturated carbocycles. The van der Waals surface area contributed by atoms with E-state index in [-0.39, 0.29) is 11.7 Å². The predicted molar refractivity (Wildman–Crippen MR) is 105 cm³/mol. The molecule has 27 heavy (non-hydrogen) atoms. The van der Waals surface area contributed by atoms with Crippen molar-refractivity contribution in [2.24, 2.45) is 0 Å². The summed E-state index contributed by atoms with van der Waals surface area (Å²) in [6, 6.07) is 12.1. The zero-order chi connectivity index (χ0) is 19.4. The van der Waals surface area contributed by atoms with Gasteiger partial charge < -0.3 is 14.8 Å². The molecule has 1 heterocycles. The SMILES string of the molecule is COc1cc(C)ccc1OCc1csc(C(=O)Nc2ccc(C)c(F)c2)c1. The first-order valence-electron chi connectivity index (χ1n) is 8.38. The van der Waals surface area contributed by atoms with Crippen LogP contribution >= 0.6 is 11.3 Å². The molecular formula is C21H20FNO3S. The number of carbonyl (C=O) groups is 1. The van der Waals surface area contributed by atoms with E-state index in [0.717, 1.165) is 11.1 Å². The molecule has 0 unspecified atom stereocenters. The van der Waals surface area contributed by atoms with E-state index in [4.69, 9.17) is 9.47 Å². The number of anilines is 1. The topological polar surface area (TPSA) is 47.6 Å². The molecule has 1 aromatic heterocycles. The van der Waals surface area contributed by atoms with Gasteiger partial charge in [0.1, 0.15) is 12.4 Å². The first-order chi connectivity index (χ1) is 13.0. The van der Waals surface area contributed by atoms with Gasteiger partial charge in [-0.1, -0.05) is 12.1 Å². The van der Waals surface area contributed by atoms with Gasteiger partial charge in [0.2, 0.25) is 0 Å². The van der Waals surface area contributed by atoms with Crippen LogP contribution < -0.4 is 14.8 Å². The summed E-state index contributed by atoms with van der Waals surface area (Å²) in [5.41, 5.74) is 2.93. The van der Waals surface area contributed by atoms with Crippen molar-refractivity contribution < 1.29 is 18.7 Å². The molecule has 3 rings (SSSR count). The largest absolute Gasteiger partial charge is 0.493 e. The Morgan fingerprint density at radius 3 is 2.67 bits per heavy atom. The number of hydrogen-bond acceptors (Lipinski definition) is 4. The number of amides is 1. The molecule has 1 amide bonds. The lowest BCUT2D eigenvalue weighted by Crippen LogP contribution is -2.10. The van der Waals surface area contributed by atoms with E-state index in [1.54, 1.807) is 32.2 Å². The van der Waals surface area contributed by atoms with Gasteiger partial charge in [-0.2, -0.15) is 0 Å². The average Bonchev–Trinajstić information content (AvgIpc) is 3.13. The van der Waals surface area contributed by atoms with E-state index in [9.17, 15) is 9.18 Å². The zero-order valence-electron chi connectivity index (χ0n) is 15.3. The van der Waals surface area contributed by atoms with Crippen molar-refractivity contribution in [3.63, 3.8) is 0 Å². The zero-order valence-corrected chi connectivity index (χ0v) is 16.2. The van der Waals surface area contributed by atoms with Crippen molar-refractivity contribution in [3.05, 3.63) is 75.2 Å². The molecule has 0 bridgehead atoms. The van der Waals surface area contributed by atoms with Gasteiger partial charge in [0, 0.05) is 11.3 Å². The Kier molecular flexibility index (Phi) is 5.76. The number of nitrogens with one attached hydrogen (secondary N) is 1. The van der Waals surface area contributed by atoms with Crippen LogP contribution in [0, 0.1) is 19.7 Å². The number of halogens is 1. The van der Waals surface area contributed by atoms with Crippen LogP contribution in [0.25, 0.3) is 0 Å². The molecule has 0 aliphatic heterocycles. The molecule has 2 aromatic carbocycles. The summed E-state index contributed by atoms with van der Waals surface area (Å²) in [6.07, 6.45) is 0. The van der Waals surface area contributed by atoms with Gasteiger partial charge in [-0.05, 0) is 60.7 Å². The van der Waals surface area contributed by atoms with Crippen LogP contribution in [0.2, 0.25) is 0 Å². The van der Waals surface area contributed by atoms with Gasteiger partial charge >= 0.3 is 0 Å². The summed E-state index contributed by atoms with van der Waals surface area (Å²) in [4.78, 5) is 12.9. The summed E-state index contributed by atoms with van der Waals surface area (Å²) in [5, 5.41) is 4.57. The average molecular weight is 385 g/mol. The minimum absolute atomic E-state index is 0.276. The van der Waals surface area contributed by atoms with Crippen molar-refractivity contribution in [1.29, 1.82) is 0 Å². The highest BCUT2D eigenvalue weighted by Gasteiger charge is 2.12. The minimum atomic E-state index is -0.347. The van der Waals surface area contributed by atoms with Gasteiger partial charge in [-0.25, -0.2) is 4.39 Å². The van der Waals surface area contributed by atoms with Crippen molar-refractivity contribution in [2.75, 3.05) is 12.4 Å². The number of thiophene rings is 1. The van der Waals surface area contributed by atoms with E-state index in [2.05, 4.69) is 5.32 Å². The maximum absolute atomic E-state index is 13.6. The second-order valence-electron chi connectivity index (χ2n) is 6.18. The molecule has 4 nitrogen and oxygen atoms in total. The summed E-state index contributed by atoms with van der Waals surface area (Å²) in [5.74, 6) is 0.697. The van der Waals surface area contributed by atoms with Gasteiger partial charge in [0.15, 0.2) is 11.5 Å². The number of methoxy groups -OCH3 is 1. The third kappa shape index (κ3) is 4.65. The summed E-state index contributed by atoms with van der Waals surface area (Å²) in [7, 11) is 1.60. The summed E-state index contributed by atoms with van der Waals surface area (Å²) >= 11 is 1.31. The van der Waals surface area contributed by atoms with Crippen molar-refractivity contribution in [1.82, 2.24) is 0 Å². The summed E-state index contributed by atoms with van der Waals surface area (Å²) in [6.45, 7) is 3.98. The Bertz CT molecular complexity index is 968. The number of rotatable bonds is 6. The fraction of sp³-hybridized carbons (Fsp3) is 0.190. The fourth-order valence-electron chi connectivity index (χ4n) is 2.49. The van der Waals surface area contributed by atoms with Crippen LogP contribution in [0.15, 0.2) is 47.8 Å². The first kappa shape index (κ1) is 18.9. The maximum Gasteiger partial charge on any atom is 0.265 e. The Hall–Kier alpha value is -2.86. The first-order valence-corrected chi connectivity index (χ1v) is 9.26. The molecule has 0 spiro atoms. The van der Waals surface area contributed by atoms with Gasteiger partial charge in [-0.3, -0.25) is 4.79 Å². The van der Waals surface area contributed by atoms with Gasteiger partial charge in [0.25, 0.3) is 5.91 Å². The highest BCUT2D eigenvalue weighted by molar-refractivity contribution is 7.12. The lowest BCUT2D eigenvalue weighted by atomic mass is 10.2. The molecule has 0 fully saturated rings. The number of ether oxygens (including phenoxy) is 2. The third-order valence-corrected chi connectivity index (χ3v) is 5.00. The minimum Gasteiger partial charge on any atom is -0.493 e. The van der Waals surface area contributed by atoms with Crippen LogP contribution in [-0.2, 0) is 6.61 Å². The van der Waals surface area contributed by atoms with Crippen molar-refractivity contribution >= 4 is 22.9 Å². The van der Waals surface area contributed by atoms with E-state index < -0.39 is 0 Å². The predicted octanol–water partition coefficient (Wildman–Crippen LogP) is 5.34. The van der Waals surface area contributed by atoms with E-state index >= 15 is 0 Å². The molecule has 1 N–H and O–H groups in total. The second-order valence-corrected chi connectivity index (χ2v) is 7.09. The van der Waals surface area contributed by atoms with Crippen LogP contribution in [0.5, 0.6) is 11.5 Å². The molecule has 140 valence electrons. The quantitative estimate of drug-likeness (QED) is 0.623. The third-order valence-electron chi connectivity index (χ3n) is 4.02. The van der Waals surface area contributed by atoms with Crippen molar-refractivity contribution in [3.8, 4) is 11.5 Å². The second kappa shape index (κ2) is 8.22. The molecule has 0 radical (unpaired) electrons. The Morgan fingerprint density at radius 2 is 1.93 bits per heavy atom. The highest BCUT2D eigenvalue weighted by atomic mass is 32.1. The van der Waals surface area contributed by atoms with E-state index in [1.165, 1.54) is 17.4 Å². The number of aryl methyl sites for hydroxylation is 2. The van der Waals surface area contributed by atoms with E-state index in [1.807, 2.05) is 30.5 Å². The van der Waals surface area contributed by atoms with E-state index in [0.29, 0.717) is 34.2 Å². The number of hydrogen-bond donors (Lipinski definition) is 1. The lowest BCUT2D eigenvalue weighted by Gasteiger charge is -2.10. The molecule has 3 aromatic rings. The molecule has 0 atom stereocenters. The monoisotopic (exact) mass is 385 g/mol. The molecule has 6 heteroatoms. The van der Waals surface area contributed by atoms with Crippen LogP contribution in [0.1, 0.15) is 26.4 Å². The van der Waals surface area contributed by atoms with Gasteiger partial charge in [-0.15, -0.1) is 11.3 Å². The lowest BCUT2D eigenvalue weighted by molar-refractivity contribution is 0.103. The number of benzene rings is 2. The molecule has 0 aliphatic rings. The van der Waals surface area contributed by atoms with Crippen LogP contribution in [0.3, 0.4) is 0 Å². The summed E-state index contributed by atoms with van der Waals surface area (Å²) < 4.78 is 24.7. The molecule has 0 aliphatic carbocycles. The standard InChI is InChI=1S/C21H20FNO3S/c1-13-4-7-18(19(8-13)25-3)26-11-15-9-20(27-12-15)21(24)23-16-6-5-14(2)17(22)10-16/h4-10,12H,11H2,1-3H3,(H,23,24). The van der Waals surface area contributed by atoms with Gasteiger partial charge in [0.05, 0.1) is 12.0 Å². The normalized spacial score (nSPS) is 10.5.